The molecule has 26 heavy (non-hydrogen) atoms. The van der Waals surface area contributed by atoms with Crippen molar-refractivity contribution < 1.29 is 28.7 Å². The van der Waals surface area contributed by atoms with E-state index in [-0.39, 0.29) is 5.70 Å². The molecule has 1 aliphatic heterocycles. The van der Waals surface area contributed by atoms with Crippen molar-refractivity contribution in [3.05, 3.63) is 47.2 Å². The Morgan fingerprint density at radius 2 is 1.69 bits per heavy atom. The third-order valence-corrected chi connectivity index (χ3v) is 3.75. The summed E-state index contributed by atoms with van der Waals surface area (Å²) in [6, 6.07) is 7.22. The van der Waals surface area contributed by atoms with Crippen molar-refractivity contribution in [3.8, 4) is 0 Å². The number of benzene rings is 1. The SMILES string of the molecule is COC(=O)C(=C(C)C)N1C(=O)C(NC(=O)c2ccccc2)C1OC(C)=O. The molecule has 0 saturated carbocycles. The molecule has 1 aliphatic rings. The lowest BCUT2D eigenvalue weighted by molar-refractivity contribution is -0.186. The third-order valence-electron chi connectivity index (χ3n) is 3.75. The first-order valence-electron chi connectivity index (χ1n) is 7.90. The Hall–Kier alpha value is -3.16. The lowest BCUT2D eigenvalue weighted by Crippen LogP contribution is -2.72. The van der Waals surface area contributed by atoms with Gasteiger partial charge in [0.2, 0.25) is 6.23 Å². The van der Waals surface area contributed by atoms with Crippen LogP contribution in [0.5, 0.6) is 0 Å². The number of nitrogens with one attached hydrogen (secondary N) is 1. The van der Waals surface area contributed by atoms with Gasteiger partial charge >= 0.3 is 11.9 Å². The number of allylic oxidation sites excluding steroid dienone is 1. The van der Waals surface area contributed by atoms with Crippen LogP contribution in [0.15, 0.2) is 41.6 Å². The van der Waals surface area contributed by atoms with Gasteiger partial charge in [-0.3, -0.25) is 19.3 Å². The van der Waals surface area contributed by atoms with Crippen LogP contribution in [0.4, 0.5) is 0 Å². The molecule has 8 heteroatoms. The molecule has 0 bridgehead atoms. The van der Waals surface area contributed by atoms with E-state index in [0.717, 1.165) is 4.90 Å². The summed E-state index contributed by atoms with van der Waals surface area (Å²) in [5.74, 6) is -2.44. The van der Waals surface area contributed by atoms with Crippen LogP contribution in [0, 0.1) is 0 Å². The largest absolute Gasteiger partial charge is 0.464 e. The zero-order chi connectivity index (χ0) is 19.4. The van der Waals surface area contributed by atoms with Crippen LogP contribution in [-0.4, -0.2) is 48.0 Å². The zero-order valence-corrected chi connectivity index (χ0v) is 14.9. The molecule has 0 aliphatic carbocycles. The molecule has 138 valence electrons. The number of amides is 2. The van der Waals surface area contributed by atoms with Gasteiger partial charge in [0, 0.05) is 12.5 Å². The minimum Gasteiger partial charge on any atom is -0.464 e. The number of esters is 2. The lowest BCUT2D eigenvalue weighted by atomic mass is 10.0. The third kappa shape index (κ3) is 3.74. The van der Waals surface area contributed by atoms with Crippen LogP contribution in [0.2, 0.25) is 0 Å². The topological polar surface area (TPSA) is 102 Å². The molecule has 1 saturated heterocycles. The smallest absolute Gasteiger partial charge is 0.354 e. The van der Waals surface area contributed by atoms with Gasteiger partial charge in [-0.2, -0.15) is 0 Å². The molecule has 1 N–H and O–H groups in total. The average molecular weight is 360 g/mol. The summed E-state index contributed by atoms with van der Waals surface area (Å²) in [5.41, 5.74) is 0.847. The van der Waals surface area contributed by atoms with E-state index in [1.165, 1.54) is 14.0 Å². The van der Waals surface area contributed by atoms with E-state index in [1.807, 2.05) is 0 Å². The monoisotopic (exact) mass is 360 g/mol. The maximum atomic E-state index is 12.6. The number of β-lactam (4-membered cyclic amide) rings is 1. The second-order valence-corrected chi connectivity index (χ2v) is 5.87. The van der Waals surface area contributed by atoms with E-state index in [9.17, 15) is 19.2 Å². The molecule has 1 aromatic rings. The number of rotatable bonds is 5. The average Bonchev–Trinajstić information content (AvgIpc) is 2.62. The van der Waals surface area contributed by atoms with Crippen LogP contribution in [0.1, 0.15) is 31.1 Å². The normalized spacial score (nSPS) is 18.5. The summed E-state index contributed by atoms with van der Waals surface area (Å²) in [6.07, 6.45) is -1.13. The van der Waals surface area contributed by atoms with Crippen LogP contribution in [0.25, 0.3) is 0 Å². The predicted octanol–water partition coefficient (Wildman–Crippen LogP) is 0.983. The Kier molecular flexibility index (Phi) is 5.76. The van der Waals surface area contributed by atoms with Crippen molar-refractivity contribution in [1.29, 1.82) is 0 Å². The fourth-order valence-electron chi connectivity index (χ4n) is 2.58. The van der Waals surface area contributed by atoms with Gasteiger partial charge in [-0.1, -0.05) is 18.2 Å². The number of likely N-dealkylation sites (tertiary alicyclic amines) is 1. The Labute approximate surface area is 150 Å². The molecule has 1 heterocycles. The van der Waals surface area contributed by atoms with Gasteiger partial charge in [0.25, 0.3) is 11.8 Å². The molecule has 1 aromatic carbocycles. The van der Waals surface area contributed by atoms with Crippen LogP contribution in [0.3, 0.4) is 0 Å². The van der Waals surface area contributed by atoms with E-state index < -0.39 is 36.0 Å². The second-order valence-electron chi connectivity index (χ2n) is 5.87. The van der Waals surface area contributed by atoms with Crippen LogP contribution in [-0.2, 0) is 23.9 Å². The van der Waals surface area contributed by atoms with E-state index in [2.05, 4.69) is 5.32 Å². The molecule has 0 radical (unpaired) electrons. The quantitative estimate of drug-likeness (QED) is 0.477. The van der Waals surface area contributed by atoms with Crippen LogP contribution >= 0.6 is 0 Å². The van der Waals surface area contributed by atoms with Gasteiger partial charge in [-0.25, -0.2) is 4.79 Å². The minimum atomic E-state index is -1.13. The summed E-state index contributed by atoms with van der Waals surface area (Å²) in [5, 5.41) is 2.54. The van der Waals surface area contributed by atoms with Gasteiger partial charge in [-0.15, -0.1) is 0 Å². The fraction of sp³-hybridized carbons (Fsp3) is 0.333. The standard InChI is InChI=1S/C18H20N2O6/c1-10(2)14(18(24)25-4)20-16(23)13(17(20)26-11(3)21)19-15(22)12-8-6-5-7-9-12/h5-9,13,17H,1-4H3,(H,19,22). The molecule has 2 atom stereocenters. The van der Waals surface area contributed by atoms with Crippen molar-refractivity contribution >= 4 is 23.8 Å². The molecular formula is C18H20N2O6. The summed E-state index contributed by atoms with van der Waals surface area (Å²) in [7, 11) is 1.19. The van der Waals surface area contributed by atoms with E-state index >= 15 is 0 Å². The van der Waals surface area contributed by atoms with Gasteiger partial charge in [0.05, 0.1) is 7.11 Å². The number of hydrogen-bond donors (Lipinski definition) is 1. The van der Waals surface area contributed by atoms with Gasteiger partial charge in [-0.05, 0) is 31.6 Å². The summed E-state index contributed by atoms with van der Waals surface area (Å²) in [6.45, 7) is 4.43. The maximum absolute atomic E-state index is 12.6. The molecule has 0 aromatic heterocycles. The Morgan fingerprint density at radius 3 is 2.19 bits per heavy atom. The highest BCUT2D eigenvalue weighted by Crippen LogP contribution is 2.29. The summed E-state index contributed by atoms with van der Waals surface area (Å²) >= 11 is 0. The van der Waals surface area contributed by atoms with Crippen molar-refractivity contribution in [3.63, 3.8) is 0 Å². The molecule has 2 unspecified atom stereocenters. The molecule has 0 spiro atoms. The van der Waals surface area contributed by atoms with E-state index in [4.69, 9.17) is 9.47 Å². The Morgan fingerprint density at radius 1 is 1.08 bits per heavy atom. The van der Waals surface area contributed by atoms with E-state index in [1.54, 1.807) is 44.2 Å². The maximum Gasteiger partial charge on any atom is 0.354 e. The number of nitrogens with zero attached hydrogens (tertiary/aromatic N) is 1. The number of hydrogen-bond acceptors (Lipinski definition) is 6. The molecular weight excluding hydrogens is 340 g/mol. The summed E-state index contributed by atoms with van der Waals surface area (Å²) < 4.78 is 9.85. The predicted molar refractivity (Wildman–Crippen MR) is 90.5 cm³/mol. The first kappa shape index (κ1) is 19.2. The second kappa shape index (κ2) is 7.81. The van der Waals surface area contributed by atoms with Crippen LogP contribution < -0.4 is 5.32 Å². The van der Waals surface area contributed by atoms with Crippen molar-refractivity contribution in [1.82, 2.24) is 10.2 Å². The van der Waals surface area contributed by atoms with Gasteiger partial charge in [0.15, 0.2) is 6.04 Å². The van der Waals surface area contributed by atoms with Gasteiger partial charge in [0.1, 0.15) is 5.70 Å². The molecule has 2 amide bonds. The lowest BCUT2D eigenvalue weighted by Gasteiger charge is -2.46. The van der Waals surface area contributed by atoms with Crippen molar-refractivity contribution in [2.24, 2.45) is 0 Å². The highest BCUT2D eigenvalue weighted by atomic mass is 16.6. The molecule has 2 rings (SSSR count). The number of carbonyl (C=O) groups excluding carboxylic acids is 4. The first-order valence-corrected chi connectivity index (χ1v) is 7.90. The number of carbonyl (C=O) groups is 4. The Bertz CT molecular complexity index is 767. The highest BCUT2D eigenvalue weighted by Gasteiger charge is 2.54. The Balaban J connectivity index is 2.27. The number of methoxy groups -OCH3 is 1. The highest BCUT2D eigenvalue weighted by molar-refractivity contribution is 6.03. The van der Waals surface area contributed by atoms with Gasteiger partial charge < -0.3 is 14.8 Å². The molecule has 1 fully saturated rings. The fourth-order valence-corrected chi connectivity index (χ4v) is 2.58. The number of ether oxygens (including phenoxy) is 2. The minimum absolute atomic E-state index is 0.0195. The van der Waals surface area contributed by atoms with E-state index in [0.29, 0.717) is 11.1 Å². The van der Waals surface area contributed by atoms with Crippen molar-refractivity contribution in [2.75, 3.05) is 7.11 Å². The summed E-state index contributed by atoms with van der Waals surface area (Å²) in [4.78, 5) is 49.3. The molecule has 8 nitrogen and oxygen atoms in total. The van der Waals surface area contributed by atoms with Crippen molar-refractivity contribution in [2.45, 2.75) is 33.0 Å². The first-order chi connectivity index (χ1) is 12.3. The zero-order valence-electron chi connectivity index (χ0n) is 14.9.